The number of hydrogen-bond donors (Lipinski definition) is 2. The Morgan fingerprint density at radius 1 is 1.25 bits per heavy atom. The van der Waals surface area contributed by atoms with Crippen molar-refractivity contribution in [3.05, 3.63) is 0 Å². The number of amides is 2. The molecule has 0 bridgehead atoms. The molecule has 0 aromatic rings. The summed E-state index contributed by atoms with van der Waals surface area (Å²) in [6.45, 7) is 6.50. The predicted molar refractivity (Wildman–Crippen MR) is 78.7 cm³/mol. The average molecular weight is 284 g/mol. The van der Waals surface area contributed by atoms with Gasteiger partial charge >= 0.3 is 12.0 Å². The summed E-state index contributed by atoms with van der Waals surface area (Å²) >= 11 is 0. The van der Waals surface area contributed by atoms with Crippen LogP contribution in [0.15, 0.2) is 0 Å². The van der Waals surface area contributed by atoms with Gasteiger partial charge in [-0.2, -0.15) is 0 Å². The zero-order chi connectivity index (χ0) is 15.1. The Hall–Kier alpha value is -1.26. The fraction of sp³-hybridized carbons (Fsp3) is 0.867. The molecule has 20 heavy (non-hydrogen) atoms. The van der Waals surface area contributed by atoms with Crippen molar-refractivity contribution in [3.8, 4) is 0 Å². The van der Waals surface area contributed by atoms with Gasteiger partial charge in [-0.15, -0.1) is 0 Å². The maximum atomic E-state index is 12.3. The number of nitrogens with one attached hydrogen (secondary N) is 1. The minimum Gasteiger partial charge on any atom is -0.480 e. The molecule has 0 saturated heterocycles. The van der Waals surface area contributed by atoms with Crippen LogP contribution in [0.2, 0.25) is 0 Å². The summed E-state index contributed by atoms with van der Waals surface area (Å²) < 4.78 is 0. The smallest absolute Gasteiger partial charge is 0.326 e. The van der Waals surface area contributed by atoms with Crippen LogP contribution in [0.1, 0.15) is 59.3 Å². The molecule has 1 rings (SSSR count). The normalized spacial score (nSPS) is 17.8. The lowest BCUT2D eigenvalue weighted by Gasteiger charge is -2.34. The number of carboxylic acids is 1. The Morgan fingerprint density at radius 3 is 2.30 bits per heavy atom. The van der Waals surface area contributed by atoms with Gasteiger partial charge in [-0.1, -0.05) is 33.1 Å². The molecule has 0 aromatic carbocycles. The third-order valence-electron chi connectivity index (χ3n) is 3.92. The topological polar surface area (TPSA) is 69.6 Å². The summed E-state index contributed by atoms with van der Waals surface area (Å²) in [7, 11) is 0. The molecule has 2 N–H and O–H groups in total. The summed E-state index contributed by atoms with van der Waals surface area (Å²) in [6.07, 6.45) is 6.07. The molecule has 0 unspecified atom stereocenters. The molecule has 0 heterocycles. The van der Waals surface area contributed by atoms with Crippen LogP contribution in [0.25, 0.3) is 0 Å². The van der Waals surface area contributed by atoms with Crippen LogP contribution < -0.4 is 5.32 Å². The van der Waals surface area contributed by atoms with Gasteiger partial charge in [0.25, 0.3) is 0 Å². The molecule has 0 aliphatic heterocycles. The van der Waals surface area contributed by atoms with Crippen molar-refractivity contribution in [1.82, 2.24) is 10.2 Å². The lowest BCUT2D eigenvalue weighted by atomic mass is 9.94. The third-order valence-corrected chi connectivity index (χ3v) is 3.92. The Morgan fingerprint density at radius 2 is 1.85 bits per heavy atom. The Bertz CT molecular complexity index is 325. The molecule has 5 nitrogen and oxygen atoms in total. The number of urea groups is 1. The van der Waals surface area contributed by atoms with Gasteiger partial charge in [0.15, 0.2) is 0 Å². The molecule has 0 radical (unpaired) electrons. The molecule has 1 aliphatic carbocycles. The first-order valence-electron chi connectivity index (χ1n) is 7.75. The van der Waals surface area contributed by atoms with E-state index in [-0.39, 0.29) is 18.0 Å². The van der Waals surface area contributed by atoms with Crippen LogP contribution in [0.3, 0.4) is 0 Å². The van der Waals surface area contributed by atoms with Crippen LogP contribution in [0.5, 0.6) is 0 Å². The van der Waals surface area contributed by atoms with Gasteiger partial charge in [-0.05, 0) is 32.1 Å². The van der Waals surface area contributed by atoms with Crippen molar-refractivity contribution in [1.29, 1.82) is 0 Å². The summed E-state index contributed by atoms with van der Waals surface area (Å²) in [5.74, 6) is -0.715. The van der Waals surface area contributed by atoms with Gasteiger partial charge in [-0.3, -0.25) is 0 Å². The summed E-state index contributed by atoms with van der Waals surface area (Å²) in [5.41, 5.74) is 0. The van der Waals surface area contributed by atoms with Gasteiger partial charge in [0, 0.05) is 12.6 Å². The molecule has 1 fully saturated rings. The van der Waals surface area contributed by atoms with E-state index in [0.29, 0.717) is 13.0 Å². The van der Waals surface area contributed by atoms with Crippen LogP contribution in [-0.4, -0.2) is 40.6 Å². The van der Waals surface area contributed by atoms with Crippen molar-refractivity contribution in [3.63, 3.8) is 0 Å². The fourth-order valence-electron chi connectivity index (χ4n) is 2.89. The number of hydrogen-bond acceptors (Lipinski definition) is 2. The molecular formula is C15H28N2O3. The first-order chi connectivity index (χ1) is 9.45. The van der Waals surface area contributed by atoms with Gasteiger partial charge in [0.2, 0.25) is 0 Å². The van der Waals surface area contributed by atoms with E-state index in [0.717, 1.165) is 25.7 Å². The van der Waals surface area contributed by atoms with Crippen LogP contribution in [0.4, 0.5) is 4.79 Å². The number of nitrogens with zero attached hydrogens (tertiary/aromatic N) is 1. The average Bonchev–Trinajstić information content (AvgIpc) is 2.39. The van der Waals surface area contributed by atoms with E-state index in [1.54, 1.807) is 4.90 Å². The largest absolute Gasteiger partial charge is 0.480 e. The number of carbonyl (C=O) groups excluding carboxylic acids is 1. The van der Waals surface area contributed by atoms with E-state index in [4.69, 9.17) is 0 Å². The van der Waals surface area contributed by atoms with Crippen molar-refractivity contribution in [2.45, 2.75) is 71.4 Å². The first-order valence-corrected chi connectivity index (χ1v) is 7.75. The van der Waals surface area contributed by atoms with Crippen molar-refractivity contribution in [2.24, 2.45) is 5.92 Å². The summed E-state index contributed by atoms with van der Waals surface area (Å²) in [4.78, 5) is 25.3. The molecule has 2 amide bonds. The van der Waals surface area contributed by atoms with Crippen molar-refractivity contribution >= 4 is 12.0 Å². The maximum absolute atomic E-state index is 12.3. The lowest BCUT2D eigenvalue weighted by Crippen LogP contribution is -2.52. The second kappa shape index (κ2) is 8.12. The highest BCUT2D eigenvalue weighted by Crippen LogP contribution is 2.22. The van der Waals surface area contributed by atoms with Gasteiger partial charge in [0.05, 0.1) is 0 Å². The molecule has 1 saturated carbocycles. The predicted octanol–water partition coefficient (Wildman–Crippen LogP) is 2.85. The molecule has 0 aromatic heterocycles. The monoisotopic (exact) mass is 284 g/mol. The minimum atomic E-state index is -0.952. The van der Waals surface area contributed by atoms with E-state index in [1.165, 1.54) is 6.42 Å². The standard InChI is InChI=1S/C15H28N2O3/c1-4-17(12-8-6-5-7-9-12)15(20)16-13(14(18)19)10-11(2)3/h11-13H,4-10H2,1-3H3,(H,16,20)(H,18,19)/t13-/m0/s1. The second-order valence-corrected chi connectivity index (χ2v) is 6.05. The maximum Gasteiger partial charge on any atom is 0.326 e. The van der Waals surface area contributed by atoms with Gasteiger partial charge < -0.3 is 15.3 Å². The molecule has 5 heteroatoms. The number of aliphatic carboxylic acids is 1. The minimum absolute atomic E-state index is 0.229. The van der Waals surface area contributed by atoms with Crippen LogP contribution in [0, 0.1) is 5.92 Å². The van der Waals surface area contributed by atoms with Crippen LogP contribution >= 0.6 is 0 Å². The zero-order valence-electron chi connectivity index (χ0n) is 12.9. The Labute approximate surface area is 121 Å². The highest BCUT2D eigenvalue weighted by atomic mass is 16.4. The van der Waals surface area contributed by atoms with E-state index in [2.05, 4.69) is 5.32 Å². The van der Waals surface area contributed by atoms with E-state index >= 15 is 0 Å². The highest BCUT2D eigenvalue weighted by molar-refractivity contribution is 5.82. The molecule has 1 atom stereocenters. The molecule has 0 spiro atoms. The summed E-state index contributed by atoms with van der Waals surface area (Å²) in [6, 6.07) is -0.755. The fourth-order valence-corrected chi connectivity index (χ4v) is 2.89. The van der Waals surface area contributed by atoms with Gasteiger partial charge in [0.1, 0.15) is 6.04 Å². The van der Waals surface area contributed by atoms with Crippen molar-refractivity contribution < 1.29 is 14.7 Å². The van der Waals surface area contributed by atoms with Crippen LogP contribution in [-0.2, 0) is 4.79 Å². The molecular weight excluding hydrogens is 256 g/mol. The quantitative estimate of drug-likeness (QED) is 0.788. The van der Waals surface area contributed by atoms with E-state index < -0.39 is 12.0 Å². The molecule has 116 valence electrons. The zero-order valence-corrected chi connectivity index (χ0v) is 12.9. The van der Waals surface area contributed by atoms with Gasteiger partial charge in [-0.25, -0.2) is 9.59 Å². The van der Waals surface area contributed by atoms with E-state index in [1.807, 2.05) is 20.8 Å². The Balaban J connectivity index is 2.62. The number of carbonyl (C=O) groups is 2. The highest BCUT2D eigenvalue weighted by Gasteiger charge is 2.28. The number of rotatable bonds is 6. The lowest BCUT2D eigenvalue weighted by molar-refractivity contribution is -0.139. The second-order valence-electron chi connectivity index (χ2n) is 6.05. The summed E-state index contributed by atoms with van der Waals surface area (Å²) in [5, 5.41) is 11.9. The van der Waals surface area contributed by atoms with E-state index in [9.17, 15) is 14.7 Å². The SMILES string of the molecule is CCN(C(=O)N[C@@H](CC(C)C)C(=O)O)C1CCCCC1. The number of carboxylic acid groups (broad SMARTS) is 1. The first kappa shape index (κ1) is 16.8. The Kier molecular flexibility index (Phi) is 6.82. The molecule has 1 aliphatic rings. The third kappa shape index (κ3) is 5.02. The van der Waals surface area contributed by atoms with Crippen molar-refractivity contribution in [2.75, 3.05) is 6.54 Å².